The Labute approximate surface area is 170 Å². The lowest BCUT2D eigenvalue weighted by Gasteiger charge is -2.33. The zero-order chi connectivity index (χ0) is 20.1. The first-order chi connectivity index (χ1) is 14.3. The molecule has 9 nitrogen and oxygen atoms in total. The molecule has 0 radical (unpaired) electrons. The van der Waals surface area contributed by atoms with E-state index in [-0.39, 0.29) is 0 Å². The van der Waals surface area contributed by atoms with Crippen molar-refractivity contribution in [2.75, 3.05) is 43.1 Å². The maximum absolute atomic E-state index is 5.51. The zero-order valence-corrected chi connectivity index (χ0v) is 17.0. The van der Waals surface area contributed by atoms with Gasteiger partial charge in [0.1, 0.15) is 16.9 Å². The maximum Gasteiger partial charge on any atom is 0.228 e. The first-order valence-electron chi connectivity index (χ1n) is 10.3. The second-order valence-electron chi connectivity index (χ2n) is 7.02. The number of fused-ring (bicyclic) bond motifs is 1. The van der Waals surface area contributed by atoms with E-state index in [0.717, 1.165) is 48.9 Å². The van der Waals surface area contributed by atoms with E-state index in [4.69, 9.17) is 14.7 Å². The zero-order valence-electron chi connectivity index (χ0n) is 17.0. The molecule has 0 aromatic carbocycles. The summed E-state index contributed by atoms with van der Waals surface area (Å²) in [6.07, 6.45) is 4.64. The number of nitrogens with zero attached hydrogens (tertiary/aromatic N) is 6. The Kier molecular flexibility index (Phi) is 6.16. The number of hydrogen-bond donors (Lipinski definition) is 2. The van der Waals surface area contributed by atoms with Crippen LogP contribution in [0.25, 0.3) is 11.0 Å². The van der Waals surface area contributed by atoms with Crippen LogP contribution in [0.4, 0.5) is 17.6 Å². The number of anilines is 3. The fourth-order valence-corrected chi connectivity index (χ4v) is 3.52. The molecule has 1 fully saturated rings. The molecule has 0 bridgehead atoms. The van der Waals surface area contributed by atoms with E-state index < -0.39 is 0 Å². The lowest BCUT2D eigenvalue weighted by atomic mass is 10.2. The van der Waals surface area contributed by atoms with Gasteiger partial charge in [-0.3, -0.25) is 4.68 Å². The van der Waals surface area contributed by atoms with Crippen LogP contribution in [0.3, 0.4) is 0 Å². The molecule has 1 aliphatic heterocycles. The molecule has 4 rings (SSSR count). The van der Waals surface area contributed by atoms with Crippen molar-refractivity contribution >= 4 is 28.6 Å². The molecule has 9 heteroatoms. The number of nitrogens with one attached hydrogen (secondary N) is 2. The van der Waals surface area contributed by atoms with Gasteiger partial charge in [-0.25, -0.2) is 9.97 Å². The largest absolute Gasteiger partial charge is 0.380 e. The molecule has 1 atom stereocenters. The minimum atomic E-state index is 0.448. The Morgan fingerprint density at radius 3 is 3.00 bits per heavy atom. The summed E-state index contributed by atoms with van der Waals surface area (Å²) < 4.78 is 7.40. The van der Waals surface area contributed by atoms with E-state index in [1.807, 2.05) is 29.8 Å². The molecule has 29 heavy (non-hydrogen) atoms. The van der Waals surface area contributed by atoms with E-state index >= 15 is 0 Å². The highest BCUT2D eigenvalue weighted by molar-refractivity contribution is 5.88. The molecule has 3 aromatic heterocycles. The molecule has 0 spiro atoms. The van der Waals surface area contributed by atoms with Gasteiger partial charge in [0.15, 0.2) is 5.82 Å². The van der Waals surface area contributed by atoms with Gasteiger partial charge in [-0.05, 0) is 25.5 Å². The smallest absolute Gasteiger partial charge is 0.228 e. The highest BCUT2D eigenvalue weighted by Crippen LogP contribution is 2.26. The summed E-state index contributed by atoms with van der Waals surface area (Å²) in [7, 11) is 0. The van der Waals surface area contributed by atoms with E-state index in [1.54, 1.807) is 12.4 Å². The third-order valence-electron chi connectivity index (χ3n) is 5.07. The van der Waals surface area contributed by atoms with Crippen molar-refractivity contribution in [2.45, 2.75) is 32.9 Å². The third-order valence-corrected chi connectivity index (χ3v) is 5.07. The van der Waals surface area contributed by atoms with Crippen LogP contribution in [0.15, 0.2) is 30.6 Å². The maximum atomic E-state index is 5.51. The molecular weight excluding hydrogens is 368 g/mol. The van der Waals surface area contributed by atoms with Crippen molar-refractivity contribution in [2.24, 2.45) is 0 Å². The summed E-state index contributed by atoms with van der Waals surface area (Å²) in [5, 5.41) is 11.4. The van der Waals surface area contributed by atoms with E-state index in [1.165, 1.54) is 0 Å². The average molecular weight is 396 g/mol. The number of hydrogen-bond acceptors (Lipinski definition) is 8. The van der Waals surface area contributed by atoms with Gasteiger partial charge in [-0.1, -0.05) is 13.0 Å². The highest BCUT2D eigenvalue weighted by Gasteiger charge is 2.22. The van der Waals surface area contributed by atoms with Crippen molar-refractivity contribution in [3.63, 3.8) is 0 Å². The van der Waals surface area contributed by atoms with E-state index in [0.29, 0.717) is 31.6 Å². The van der Waals surface area contributed by atoms with Gasteiger partial charge in [0, 0.05) is 38.5 Å². The molecule has 0 amide bonds. The summed E-state index contributed by atoms with van der Waals surface area (Å²) in [5.41, 5.74) is 1.68. The quantitative estimate of drug-likeness (QED) is 0.560. The summed E-state index contributed by atoms with van der Waals surface area (Å²) in [6, 6.07) is 6.21. The Bertz CT molecular complexity index is 929. The molecule has 154 valence electrons. The molecule has 0 saturated carbocycles. The van der Waals surface area contributed by atoms with Gasteiger partial charge in [0.05, 0.1) is 19.3 Å². The van der Waals surface area contributed by atoms with Gasteiger partial charge in [-0.2, -0.15) is 10.1 Å². The lowest BCUT2D eigenvalue weighted by molar-refractivity contribution is 0.137. The minimum Gasteiger partial charge on any atom is -0.380 e. The van der Waals surface area contributed by atoms with Crippen molar-refractivity contribution in [1.29, 1.82) is 0 Å². The summed E-state index contributed by atoms with van der Waals surface area (Å²) in [4.78, 5) is 16.3. The second kappa shape index (κ2) is 9.15. The SMILES string of the molecule is CCOCCn1ncc2nc(N3CCN[C@@H](CC)C3)nc(Nc3ccccn3)c21. The van der Waals surface area contributed by atoms with Crippen LogP contribution in [-0.2, 0) is 11.3 Å². The van der Waals surface area contributed by atoms with Gasteiger partial charge < -0.3 is 20.3 Å². The molecule has 2 N–H and O–H groups in total. The summed E-state index contributed by atoms with van der Waals surface area (Å²) in [6.45, 7) is 8.80. The molecule has 1 saturated heterocycles. The number of aromatic nitrogens is 5. The van der Waals surface area contributed by atoms with Crippen LogP contribution in [0.1, 0.15) is 20.3 Å². The van der Waals surface area contributed by atoms with E-state index in [9.17, 15) is 0 Å². The normalized spacial score (nSPS) is 17.0. The van der Waals surface area contributed by atoms with Gasteiger partial charge in [-0.15, -0.1) is 0 Å². The van der Waals surface area contributed by atoms with Crippen molar-refractivity contribution < 1.29 is 4.74 Å². The Hall–Kier alpha value is -2.78. The predicted octanol–water partition coefficient (Wildman–Crippen LogP) is 2.19. The van der Waals surface area contributed by atoms with Crippen LogP contribution >= 0.6 is 0 Å². The number of piperazine rings is 1. The van der Waals surface area contributed by atoms with Crippen LogP contribution in [0.5, 0.6) is 0 Å². The molecule has 3 aromatic rings. The third kappa shape index (κ3) is 4.46. The second-order valence-corrected chi connectivity index (χ2v) is 7.02. The summed E-state index contributed by atoms with van der Waals surface area (Å²) in [5.74, 6) is 2.17. The number of rotatable bonds is 8. The summed E-state index contributed by atoms with van der Waals surface area (Å²) >= 11 is 0. The lowest BCUT2D eigenvalue weighted by Crippen LogP contribution is -2.51. The molecule has 4 heterocycles. The monoisotopic (exact) mass is 396 g/mol. The number of pyridine rings is 1. The van der Waals surface area contributed by atoms with Gasteiger partial charge >= 0.3 is 0 Å². The van der Waals surface area contributed by atoms with Crippen LogP contribution in [0.2, 0.25) is 0 Å². The first-order valence-corrected chi connectivity index (χ1v) is 10.3. The number of ether oxygens (including phenoxy) is 1. The van der Waals surface area contributed by atoms with Crippen LogP contribution < -0.4 is 15.5 Å². The van der Waals surface area contributed by atoms with Gasteiger partial charge in [0.2, 0.25) is 5.95 Å². The van der Waals surface area contributed by atoms with E-state index in [2.05, 4.69) is 32.5 Å². The molecule has 0 unspecified atom stereocenters. The van der Waals surface area contributed by atoms with Crippen LogP contribution in [0, 0.1) is 0 Å². The fourth-order valence-electron chi connectivity index (χ4n) is 3.52. The van der Waals surface area contributed by atoms with Gasteiger partial charge in [0.25, 0.3) is 0 Å². The Morgan fingerprint density at radius 1 is 1.28 bits per heavy atom. The standard InChI is InChI=1S/C20H28N8O/c1-3-15-14-27(10-9-21-15)20-24-16-13-23-28(11-12-29-4-2)18(16)19(26-20)25-17-7-5-6-8-22-17/h5-8,13,15,21H,3-4,9-12,14H2,1-2H3,(H,22,24,25,26)/t15-/m0/s1. The Balaban J connectivity index is 1.71. The highest BCUT2D eigenvalue weighted by atomic mass is 16.5. The Morgan fingerprint density at radius 2 is 2.21 bits per heavy atom. The fraction of sp³-hybridized carbons (Fsp3) is 0.500. The van der Waals surface area contributed by atoms with Crippen molar-refractivity contribution in [1.82, 2.24) is 30.0 Å². The average Bonchev–Trinajstić information content (AvgIpc) is 3.18. The van der Waals surface area contributed by atoms with Crippen molar-refractivity contribution in [3.05, 3.63) is 30.6 Å². The molecular formula is C20H28N8O. The first kappa shape index (κ1) is 19.5. The van der Waals surface area contributed by atoms with Crippen LogP contribution in [-0.4, -0.2) is 63.6 Å². The molecule has 1 aliphatic rings. The molecule has 0 aliphatic carbocycles. The predicted molar refractivity (Wildman–Crippen MR) is 114 cm³/mol. The minimum absolute atomic E-state index is 0.448. The van der Waals surface area contributed by atoms with Crippen molar-refractivity contribution in [3.8, 4) is 0 Å². The topological polar surface area (TPSA) is 93.0 Å².